The maximum Gasteiger partial charge on any atom is 0.250 e. The molecular weight excluding hydrogens is 464 g/mol. The van der Waals surface area contributed by atoms with Crippen molar-refractivity contribution >= 4 is 17.5 Å². The van der Waals surface area contributed by atoms with Gasteiger partial charge in [0.05, 0.1) is 6.42 Å². The lowest BCUT2D eigenvalue weighted by atomic mass is 9.93. The van der Waals surface area contributed by atoms with E-state index in [1.54, 1.807) is 12.3 Å². The minimum absolute atomic E-state index is 0.0662. The molecule has 0 unspecified atom stereocenters. The first kappa shape index (κ1) is 25.8. The molecule has 3 aromatic rings. The molecule has 1 aromatic carbocycles. The molecule has 1 aliphatic rings. The molecular formula is C27H33F2N5O2. The van der Waals surface area contributed by atoms with Gasteiger partial charge >= 0.3 is 0 Å². The van der Waals surface area contributed by atoms with E-state index in [1.807, 2.05) is 57.2 Å². The van der Waals surface area contributed by atoms with E-state index in [0.717, 1.165) is 22.5 Å². The molecule has 4 rings (SSSR count). The summed E-state index contributed by atoms with van der Waals surface area (Å²) in [5.41, 5.74) is 2.67. The van der Waals surface area contributed by atoms with Crippen molar-refractivity contribution in [3.05, 3.63) is 60.0 Å². The first-order valence-electron chi connectivity index (χ1n) is 12.2. The van der Waals surface area contributed by atoms with Gasteiger partial charge in [0.15, 0.2) is 5.82 Å². The Morgan fingerprint density at radius 2 is 1.75 bits per heavy atom. The molecule has 2 N–H and O–H groups in total. The number of benzene rings is 1. The Kier molecular flexibility index (Phi) is 7.68. The number of likely N-dealkylation sites (tertiary alicyclic amines) is 1. The maximum atomic E-state index is 13.3. The molecule has 0 atom stereocenters. The largest absolute Gasteiger partial charge is 0.369 e. The van der Waals surface area contributed by atoms with Crippen LogP contribution in [-0.4, -0.2) is 53.0 Å². The SMILES string of the molecule is CC(C)(C)c1cc(NC(=O)Cc2ccc(-c3ccc(NCCN4CCC(F)(F)CC4)nc3)cc2)no1. The lowest BCUT2D eigenvalue weighted by molar-refractivity contribution is -0.115. The molecule has 1 saturated heterocycles. The zero-order chi connectivity index (χ0) is 25.8. The van der Waals surface area contributed by atoms with Crippen LogP contribution in [0.1, 0.15) is 44.9 Å². The standard InChI is InChI=1S/C27H33F2N5O2/c1-26(2,3)22-17-24(33-36-22)32-25(35)16-19-4-6-20(7-5-19)21-8-9-23(31-18-21)30-12-15-34-13-10-27(28,29)11-14-34/h4-9,17-18H,10-16H2,1-3H3,(H,30,31)(H,32,33,35). The molecule has 36 heavy (non-hydrogen) atoms. The minimum atomic E-state index is -2.51. The number of halogens is 2. The fourth-order valence-corrected chi connectivity index (χ4v) is 3.99. The van der Waals surface area contributed by atoms with Gasteiger partial charge in [-0.3, -0.25) is 4.79 Å². The molecule has 192 valence electrons. The Morgan fingerprint density at radius 3 is 2.36 bits per heavy atom. The van der Waals surface area contributed by atoms with E-state index in [9.17, 15) is 13.6 Å². The third-order valence-corrected chi connectivity index (χ3v) is 6.25. The molecule has 2 aromatic heterocycles. The topological polar surface area (TPSA) is 83.3 Å². The molecule has 7 nitrogen and oxygen atoms in total. The van der Waals surface area contributed by atoms with Gasteiger partial charge in [-0.2, -0.15) is 0 Å². The highest BCUT2D eigenvalue weighted by molar-refractivity contribution is 5.91. The third kappa shape index (κ3) is 7.10. The second-order valence-corrected chi connectivity index (χ2v) is 10.3. The van der Waals surface area contributed by atoms with Crippen LogP contribution in [0.25, 0.3) is 11.1 Å². The highest BCUT2D eigenvalue weighted by Gasteiger charge is 2.33. The Morgan fingerprint density at radius 1 is 1.06 bits per heavy atom. The highest BCUT2D eigenvalue weighted by atomic mass is 19.3. The predicted octanol–water partition coefficient (Wildman–Crippen LogP) is 5.36. The second kappa shape index (κ2) is 10.7. The van der Waals surface area contributed by atoms with Crippen LogP contribution in [0.3, 0.4) is 0 Å². The fraction of sp³-hybridized carbons (Fsp3) is 0.444. The van der Waals surface area contributed by atoms with E-state index in [2.05, 4.69) is 25.7 Å². The van der Waals surface area contributed by atoms with Crippen molar-refractivity contribution in [2.75, 3.05) is 36.8 Å². The van der Waals surface area contributed by atoms with Gasteiger partial charge in [0.2, 0.25) is 5.91 Å². The number of hydrogen-bond acceptors (Lipinski definition) is 6. The van der Waals surface area contributed by atoms with Gasteiger partial charge in [0.25, 0.3) is 5.92 Å². The molecule has 9 heteroatoms. The summed E-state index contributed by atoms with van der Waals surface area (Å²) >= 11 is 0. The van der Waals surface area contributed by atoms with Gasteiger partial charge in [-0.05, 0) is 23.3 Å². The Bertz CT molecular complexity index is 1140. The minimum Gasteiger partial charge on any atom is -0.369 e. The zero-order valence-corrected chi connectivity index (χ0v) is 21.0. The number of carbonyl (C=O) groups excluding carboxylic acids is 1. The molecule has 0 spiro atoms. The van der Waals surface area contributed by atoms with Crippen molar-refractivity contribution in [2.45, 2.75) is 51.4 Å². The number of nitrogens with zero attached hydrogens (tertiary/aromatic N) is 3. The lowest BCUT2D eigenvalue weighted by Gasteiger charge is -2.31. The first-order chi connectivity index (χ1) is 17.1. The number of rotatable bonds is 8. The molecule has 0 saturated carbocycles. The summed E-state index contributed by atoms with van der Waals surface area (Å²) in [7, 11) is 0. The number of anilines is 2. The van der Waals surface area contributed by atoms with Crippen LogP contribution < -0.4 is 10.6 Å². The van der Waals surface area contributed by atoms with E-state index in [1.165, 1.54) is 0 Å². The van der Waals surface area contributed by atoms with Crippen LogP contribution in [0.2, 0.25) is 0 Å². The van der Waals surface area contributed by atoms with Crippen molar-refractivity contribution in [1.82, 2.24) is 15.0 Å². The van der Waals surface area contributed by atoms with Crippen LogP contribution in [0.4, 0.5) is 20.4 Å². The molecule has 0 radical (unpaired) electrons. The summed E-state index contributed by atoms with van der Waals surface area (Å²) in [4.78, 5) is 18.9. The van der Waals surface area contributed by atoms with Crippen molar-refractivity contribution in [1.29, 1.82) is 0 Å². The number of carbonyl (C=O) groups is 1. The summed E-state index contributed by atoms with van der Waals surface area (Å²) in [5.74, 6) is -0.797. The van der Waals surface area contributed by atoms with Crippen LogP contribution in [0.15, 0.2) is 53.2 Å². The molecule has 3 heterocycles. The van der Waals surface area contributed by atoms with Crippen molar-refractivity contribution < 1.29 is 18.1 Å². The van der Waals surface area contributed by atoms with Crippen LogP contribution in [-0.2, 0) is 16.6 Å². The summed E-state index contributed by atoms with van der Waals surface area (Å²) in [6.07, 6.45) is 1.89. The van der Waals surface area contributed by atoms with Gasteiger partial charge in [-0.25, -0.2) is 13.8 Å². The Hall–Kier alpha value is -3.33. The smallest absolute Gasteiger partial charge is 0.250 e. The molecule has 0 bridgehead atoms. The summed E-state index contributed by atoms with van der Waals surface area (Å²) in [6, 6.07) is 13.4. The number of piperidine rings is 1. The average molecular weight is 498 g/mol. The highest BCUT2D eigenvalue weighted by Crippen LogP contribution is 2.27. The quantitative estimate of drug-likeness (QED) is 0.436. The average Bonchev–Trinajstić information content (AvgIpc) is 3.30. The third-order valence-electron chi connectivity index (χ3n) is 6.25. The van der Waals surface area contributed by atoms with Gasteiger partial charge in [-0.15, -0.1) is 0 Å². The van der Waals surface area contributed by atoms with E-state index >= 15 is 0 Å². The summed E-state index contributed by atoms with van der Waals surface area (Å²) in [6.45, 7) is 8.27. The summed E-state index contributed by atoms with van der Waals surface area (Å²) < 4.78 is 31.8. The number of alkyl halides is 2. The van der Waals surface area contributed by atoms with Gasteiger partial charge in [0.1, 0.15) is 11.6 Å². The van der Waals surface area contributed by atoms with Crippen LogP contribution in [0, 0.1) is 0 Å². The zero-order valence-electron chi connectivity index (χ0n) is 21.0. The number of pyridine rings is 1. The molecule has 1 amide bonds. The maximum absolute atomic E-state index is 13.3. The molecule has 0 aliphatic carbocycles. The number of hydrogen-bond donors (Lipinski definition) is 2. The monoisotopic (exact) mass is 497 g/mol. The van der Waals surface area contributed by atoms with Crippen molar-refractivity contribution in [3.8, 4) is 11.1 Å². The molecule has 1 fully saturated rings. The summed E-state index contributed by atoms with van der Waals surface area (Å²) in [5, 5.41) is 9.96. The van der Waals surface area contributed by atoms with E-state index < -0.39 is 5.92 Å². The van der Waals surface area contributed by atoms with E-state index in [-0.39, 0.29) is 30.6 Å². The Labute approximate surface area is 210 Å². The Balaban J connectivity index is 1.24. The normalized spacial score (nSPS) is 16.0. The van der Waals surface area contributed by atoms with E-state index in [4.69, 9.17) is 4.52 Å². The first-order valence-corrected chi connectivity index (χ1v) is 12.2. The predicted molar refractivity (Wildman–Crippen MR) is 136 cm³/mol. The van der Waals surface area contributed by atoms with Gasteiger partial charge in [-0.1, -0.05) is 50.2 Å². The van der Waals surface area contributed by atoms with Crippen LogP contribution in [0.5, 0.6) is 0 Å². The number of aromatic nitrogens is 2. The number of amides is 1. The van der Waals surface area contributed by atoms with Crippen molar-refractivity contribution in [2.24, 2.45) is 0 Å². The fourth-order valence-electron chi connectivity index (χ4n) is 3.99. The van der Waals surface area contributed by atoms with Crippen LogP contribution >= 0.6 is 0 Å². The van der Waals surface area contributed by atoms with E-state index in [0.29, 0.717) is 37.8 Å². The lowest BCUT2D eigenvalue weighted by Crippen LogP contribution is -2.41. The van der Waals surface area contributed by atoms with Gasteiger partial charge in [0, 0.05) is 62.3 Å². The van der Waals surface area contributed by atoms with Crippen molar-refractivity contribution in [3.63, 3.8) is 0 Å². The second-order valence-electron chi connectivity index (χ2n) is 10.3. The number of nitrogens with one attached hydrogen (secondary N) is 2. The molecule has 1 aliphatic heterocycles. The van der Waals surface area contributed by atoms with Gasteiger partial charge < -0.3 is 20.1 Å².